The Morgan fingerprint density at radius 1 is 1.43 bits per heavy atom. The van der Waals surface area contributed by atoms with E-state index in [0.29, 0.717) is 17.9 Å². The largest absolute Gasteiger partial charge is 0.491 e. The van der Waals surface area contributed by atoms with Crippen LogP contribution in [-0.2, 0) is 4.74 Å². The molecule has 0 aliphatic heterocycles. The molecule has 0 atom stereocenters. The first-order chi connectivity index (χ1) is 11.0. The summed E-state index contributed by atoms with van der Waals surface area (Å²) >= 11 is 0. The van der Waals surface area contributed by atoms with Crippen LogP contribution in [0, 0.1) is 17.0 Å². The highest BCUT2D eigenvalue weighted by Crippen LogP contribution is 2.27. The van der Waals surface area contributed by atoms with E-state index < -0.39 is 11.0 Å². The van der Waals surface area contributed by atoms with Crippen molar-refractivity contribution >= 4 is 11.8 Å². The van der Waals surface area contributed by atoms with Gasteiger partial charge in [0.15, 0.2) is 5.75 Å². The van der Waals surface area contributed by atoms with Gasteiger partial charge in [0, 0.05) is 12.5 Å². The van der Waals surface area contributed by atoms with Gasteiger partial charge in [0.25, 0.3) is 5.69 Å². The van der Waals surface area contributed by atoms with E-state index in [4.69, 9.17) is 10.5 Å². The molecule has 2 aromatic rings. The maximum absolute atomic E-state index is 10.9. The number of amides is 1. The molecule has 1 aromatic carbocycles. The Morgan fingerprint density at radius 2 is 2.22 bits per heavy atom. The maximum Gasteiger partial charge on any atom is 0.404 e. The second-order valence-corrected chi connectivity index (χ2v) is 4.52. The summed E-state index contributed by atoms with van der Waals surface area (Å²) in [6.45, 7) is 2.01. The fourth-order valence-electron chi connectivity index (χ4n) is 1.80. The van der Waals surface area contributed by atoms with Crippen LogP contribution in [0.25, 0.3) is 5.69 Å². The smallest absolute Gasteiger partial charge is 0.404 e. The quantitative estimate of drug-likeness (QED) is 0.461. The highest BCUT2D eigenvalue weighted by atomic mass is 16.6. The van der Waals surface area contributed by atoms with Crippen LogP contribution in [-0.4, -0.2) is 39.0 Å². The van der Waals surface area contributed by atoms with Crippen molar-refractivity contribution in [3.63, 3.8) is 0 Å². The molecule has 1 amide bonds. The Bertz CT molecular complexity index is 715. The molecule has 0 aliphatic carbocycles. The van der Waals surface area contributed by atoms with Gasteiger partial charge in [-0.1, -0.05) is 0 Å². The lowest BCUT2D eigenvalue weighted by Gasteiger charge is -2.11. The van der Waals surface area contributed by atoms with Crippen molar-refractivity contribution in [1.82, 2.24) is 14.8 Å². The van der Waals surface area contributed by atoms with Gasteiger partial charge in [-0.25, -0.2) is 14.5 Å². The summed E-state index contributed by atoms with van der Waals surface area (Å²) < 4.78 is 11.6. The van der Waals surface area contributed by atoms with E-state index in [1.807, 2.05) is 0 Å². The molecule has 1 aromatic heterocycles. The molecule has 10 nitrogen and oxygen atoms in total. The van der Waals surface area contributed by atoms with Gasteiger partial charge in [-0.15, -0.1) is 0 Å². The van der Waals surface area contributed by atoms with Crippen molar-refractivity contribution in [1.29, 1.82) is 0 Å². The molecule has 0 saturated heterocycles. The van der Waals surface area contributed by atoms with Crippen LogP contribution in [0.15, 0.2) is 24.5 Å². The number of nitro benzene ring substituents is 1. The lowest BCUT2D eigenvalue weighted by Crippen LogP contribution is -2.15. The van der Waals surface area contributed by atoms with E-state index in [0.717, 1.165) is 0 Å². The topological polar surface area (TPSA) is 135 Å². The number of nitrogens with zero attached hydrogens (tertiary/aromatic N) is 4. The highest BCUT2D eigenvalue weighted by molar-refractivity contribution is 5.64. The molecule has 2 rings (SSSR count). The molecule has 0 saturated carbocycles. The van der Waals surface area contributed by atoms with Crippen LogP contribution in [0.5, 0.6) is 5.75 Å². The number of ether oxygens (including phenoxy) is 2. The predicted octanol–water partition coefficient (Wildman–Crippen LogP) is 1.35. The van der Waals surface area contributed by atoms with Gasteiger partial charge < -0.3 is 15.2 Å². The summed E-state index contributed by atoms with van der Waals surface area (Å²) in [5.74, 6) is 0.840. The zero-order valence-corrected chi connectivity index (χ0v) is 12.3. The number of hydrogen-bond acceptors (Lipinski definition) is 7. The molecule has 0 bridgehead atoms. The molecule has 0 radical (unpaired) electrons. The minimum Gasteiger partial charge on any atom is -0.491 e. The van der Waals surface area contributed by atoms with E-state index in [9.17, 15) is 14.9 Å². The normalized spacial score (nSPS) is 10.3. The molecular formula is C13H15N5O5. The Kier molecular flexibility index (Phi) is 5.07. The summed E-state index contributed by atoms with van der Waals surface area (Å²) in [6, 6.07) is 4.19. The molecule has 0 aliphatic rings. The second kappa shape index (κ2) is 7.20. The zero-order valence-electron chi connectivity index (χ0n) is 12.3. The first kappa shape index (κ1) is 16.2. The second-order valence-electron chi connectivity index (χ2n) is 4.52. The number of primary amides is 1. The summed E-state index contributed by atoms with van der Waals surface area (Å²) in [7, 11) is 0. The molecule has 122 valence electrons. The van der Waals surface area contributed by atoms with Gasteiger partial charge >= 0.3 is 6.09 Å². The van der Waals surface area contributed by atoms with E-state index >= 15 is 0 Å². The Balaban J connectivity index is 2.15. The Morgan fingerprint density at radius 3 is 2.83 bits per heavy atom. The average Bonchev–Trinajstić information content (AvgIpc) is 2.92. The number of rotatable bonds is 7. The van der Waals surface area contributed by atoms with E-state index in [2.05, 4.69) is 14.8 Å². The van der Waals surface area contributed by atoms with Crippen molar-refractivity contribution in [2.24, 2.45) is 5.73 Å². The molecule has 1 heterocycles. The fraction of sp³-hybridized carbons (Fsp3) is 0.308. The van der Waals surface area contributed by atoms with Crippen LogP contribution < -0.4 is 10.5 Å². The SMILES string of the molecule is Cc1ncn(-c2ccc([N+](=O)[O-])cc2OCCCOC(N)=O)n1. The number of aromatic nitrogens is 3. The number of hydrogen-bond donors (Lipinski definition) is 1. The van der Waals surface area contributed by atoms with Crippen LogP contribution in [0.1, 0.15) is 12.2 Å². The molecule has 0 spiro atoms. The number of benzene rings is 1. The van der Waals surface area contributed by atoms with E-state index in [-0.39, 0.29) is 24.7 Å². The van der Waals surface area contributed by atoms with Crippen molar-refractivity contribution in [2.45, 2.75) is 13.3 Å². The standard InChI is InChI=1S/C13H15N5O5/c1-9-15-8-17(16-9)11-4-3-10(18(20)21)7-12(11)22-5-2-6-23-13(14)19/h3-4,7-8H,2,5-6H2,1H3,(H2,14,19). The third-order valence-electron chi connectivity index (χ3n) is 2.80. The third-order valence-corrected chi connectivity index (χ3v) is 2.80. The first-order valence-corrected chi connectivity index (χ1v) is 6.69. The van der Waals surface area contributed by atoms with Gasteiger partial charge in [0.1, 0.15) is 17.8 Å². The minimum absolute atomic E-state index is 0.0992. The maximum atomic E-state index is 10.9. The Labute approximate surface area is 131 Å². The van der Waals surface area contributed by atoms with Crippen molar-refractivity contribution in [2.75, 3.05) is 13.2 Å². The van der Waals surface area contributed by atoms with Gasteiger partial charge in [0.2, 0.25) is 0 Å². The van der Waals surface area contributed by atoms with Gasteiger partial charge in [0.05, 0.1) is 24.2 Å². The van der Waals surface area contributed by atoms with Crippen LogP contribution in [0.4, 0.5) is 10.5 Å². The molecule has 2 N–H and O–H groups in total. The monoisotopic (exact) mass is 321 g/mol. The van der Waals surface area contributed by atoms with E-state index in [1.54, 1.807) is 6.92 Å². The lowest BCUT2D eigenvalue weighted by molar-refractivity contribution is -0.384. The highest BCUT2D eigenvalue weighted by Gasteiger charge is 2.14. The van der Waals surface area contributed by atoms with Gasteiger partial charge in [-0.2, -0.15) is 5.10 Å². The number of nitro groups is 1. The van der Waals surface area contributed by atoms with Crippen molar-refractivity contribution in [3.8, 4) is 11.4 Å². The van der Waals surface area contributed by atoms with E-state index in [1.165, 1.54) is 29.2 Å². The van der Waals surface area contributed by atoms with Gasteiger partial charge in [-0.05, 0) is 13.0 Å². The summed E-state index contributed by atoms with van der Waals surface area (Å²) in [4.78, 5) is 24.9. The zero-order chi connectivity index (χ0) is 16.8. The molecule has 23 heavy (non-hydrogen) atoms. The first-order valence-electron chi connectivity index (χ1n) is 6.69. The molecule has 0 fully saturated rings. The van der Waals surface area contributed by atoms with Crippen LogP contribution in [0.3, 0.4) is 0 Å². The summed E-state index contributed by atoms with van der Waals surface area (Å²) in [5.41, 5.74) is 5.26. The average molecular weight is 321 g/mol. The minimum atomic E-state index is -0.862. The van der Waals surface area contributed by atoms with Crippen LogP contribution in [0.2, 0.25) is 0 Å². The summed E-state index contributed by atoms with van der Waals surface area (Å²) in [5, 5.41) is 15.1. The number of nitrogens with two attached hydrogens (primary N) is 1. The molecular weight excluding hydrogens is 306 g/mol. The number of carbonyl (C=O) groups is 1. The van der Waals surface area contributed by atoms with Gasteiger partial charge in [-0.3, -0.25) is 10.1 Å². The number of non-ortho nitro benzene ring substituents is 1. The van der Waals surface area contributed by atoms with Crippen LogP contribution >= 0.6 is 0 Å². The lowest BCUT2D eigenvalue weighted by atomic mass is 10.2. The Hall–Kier alpha value is -3.17. The predicted molar refractivity (Wildman–Crippen MR) is 78.4 cm³/mol. The number of carbonyl (C=O) groups excluding carboxylic acids is 1. The molecule has 10 heteroatoms. The third kappa shape index (κ3) is 4.40. The molecule has 0 unspecified atom stereocenters. The fourth-order valence-corrected chi connectivity index (χ4v) is 1.80. The van der Waals surface area contributed by atoms with Crippen molar-refractivity contribution in [3.05, 3.63) is 40.5 Å². The summed E-state index contributed by atoms with van der Waals surface area (Å²) in [6.07, 6.45) is 1.01. The van der Waals surface area contributed by atoms with Crippen molar-refractivity contribution < 1.29 is 19.2 Å². The number of aryl methyl sites for hydroxylation is 1.